The number of nitrogens with zero attached hydrogens (tertiary/aromatic N) is 1. The van der Waals surface area contributed by atoms with Crippen molar-refractivity contribution in [3.8, 4) is 0 Å². The summed E-state index contributed by atoms with van der Waals surface area (Å²) in [5, 5.41) is 3.37. The van der Waals surface area contributed by atoms with Crippen LogP contribution >= 0.6 is 15.9 Å². The van der Waals surface area contributed by atoms with Crippen LogP contribution in [0.15, 0.2) is 28.7 Å². The number of anilines is 1. The van der Waals surface area contributed by atoms with Crippen LogP contribution in [0.25, 0.3) is 0 Å². The third-order valence-electron chi connectivity index (χ3n) is 3.16. The highest BCUT2D eigenvalue weighted by molar-refractivity contribution is 9.10. The van der Waals surface area contributed by atoms with E-state index < -0.39 is 10.2 Å². The highest BCUT2D eigenvalue weighted by atomic mass is 79.9. The molecule has 0 unspecified atom stereocenters. The minimum Gasteiger partial charge on any atom is -0.314 e. The first-order valence-electron chi connectivity index (χ1n) is 6.70. The van der Waals surface area contributed by atoms with E-state index in [2.05, 4.69) is 26.0 Å². The molecule has 0 amide bonds. The van der Waals surface area contributed by atoms with Gasteiger partial charge in [0.05, 0.1) is 0 Å². The molecule has 2 rings (SSSR count). The first-order valence-corrected chi connectivity index (χ1v) is 8.94. The number of hydrogen-bond donors (Lipinski definition) is 2. The van der Waals surface area contributed by atoms with Crippen molar-refractivity contribution in [3.63, 3.8) is 0 Å². The zero-order valence-corrected chi connectivity index (χ0v) is 13.9. The molecule has 0 atom stereocenters. The second-order valence-corrected chi connectivity index (χ2v) is 7.71. The topological polar surface area (TPSA) is 61.4 Å². The molecule has 0 saturated heterocycles. The molecule has 0 heterocycles. The third kappa shape index (κ3) is 5.05. The van der Waals surface area contributed by atoms with Crippen molar-refractivity contribution in [2.75, 3.05) is 24.9 Å². The SMILES string of the molecule is CN(CCCNC1CC1)S(=O)(=O)Nc1ccc(Br)cc1. The Kier molecular flexibility index (Phi) is 5.42. The Labute approximate surface area is 129 Å². The van der Waals surface area contributed by atoms with Crippen LogP contribution in [0.5, 0.6) is 0 Å². The lowest BCUT2D eigenvalue weighted by atomic mass is 10.3. The van der Waals surface area contributed by atoms with E-state index >= 15 is 0 Å². The molecule has 7 heteroatoms. The molecule has 1 fully saturated rings. The van der Waals surface area contributed by atoms with Crippen molar-refractivity contribution < 1.29 is 8.42 Å². The summed E-state index contributed by atoms with van der Waals surface area (Å²) >= 11 is 3.32. The maximum atomic E-state index is 12.1. The second-order valence-electron chi connectivity index (χ2n) is 5.02. The fourth-order valence-electron chi connectivity index (χ4n) is 1.76. The minimum absolute atomic E-state index is 0.506. The van der Waals surface area contributed by atoms with Gasteiger partial charge in [0, 0.05) is 29.8 Å². The van der Waals surface area contributed by atoms with Crippen molar-refractivity contribution in [1.82, 2.24) is 9.62 Å². The monoisotopic (exact) mass is 361 g/mol. The molecular formula is C13H20BrN3O2S. The molecule has 112 valence electrons. The Morgan fingerprint density at radius 2 is 1.95 bits per heavy atom. The second kappa shape index (κ2) is 6.89. The van der Waals surface area contributed by atoms with Gasteiger partial charge in [0.15, 0.2) is 0 Å². The van der Waals surface area contributed by atoms with Gasteiger partial charge in [0.25, 0.3) is 0 Å². The predicted octanol–water partition coefficient (Wildman–Crippen LogP) is 2.18. The van der Waals surface area contributed by atoms with Crippen LogP contribution in [0.3, 0.4) is 0 Å². The van der Waals surface area contributed by atoms with Gasteiger partial charge in [-0.3, -0.25) is 4.72 Å². The van der Waals surface area contributed by atoms with Crippen molar-refractivity contribution in [2.45, 2.75) is 25.3 Å². The van der Waals surface area contributed by atoms with Crippen molar-refractivity contribution in [1.29, 1.82) is 0 Å². The molecule has 5 nitrogen and oxygen atoms in total. The lowest BCUT2D eigenvalue weighted by Gasteiger charge is -2.18. The van der Waals surface area contributed by atoms with Crippen LogP contribution < -0.4 is 10.0 Å². The van der Waals surface area contributed by atoms with Gasteiger partial charge < -0.3 is 5.32 Å². The van der Waals surface area contributed by atoms with Gasteiger partial charge in [-0.15, -0.1) is 0 Å². The number of hydrogen-bond acceptors (Lipinski definition) is 3. The smallest absolute Gasteiger partial charge is 0.301 e. The Balaban J connectivity index is 1.79. The average molecular weight is 362 g/mol. The quantitative estimate of drug-likeness (QED) is 0.697. The number of benzene rings is 1. The average Bonchev–Trinajstić information content (AvgIpc) is 3.21. The van der Waals surface area contributed by atoms with Crippen LogP contribution in [-0.2, 0) is 10.2 Å². The maximum absolute atomic E-state index is 12.1. The molecule has 1 aromatic rings. The van der Waals surface area contributed by atoms with Gasteiger partial charge in [-0.1, -0.05) is 15.9 Å². The van der Waals surface area contributed by atoms with Gasteiger partial charge in [-0.05, 0) is 50.1 Å². The summed E-state index contributed by atoms with van der Waals surface area (Å²) in [5.41, 5.74) is 0.566. The summed E-state index contributed by atoms with van der Waals surface area (Å²) in [5.74, 6) is 0. The van der Waals surface area contributed by atoms with Crippen molar-refractivity contribution >= 4 is 31.8 Å². The molecular weight excluding hydrogens is 342 g/mol. The van der Waals surface area contributed by atoms with E-state index in [0.29, 0.717) is 18.3 Å². The van der Waals surface area contributed by atoms with E-state index in [1.165, 1.54) is 17.1 Å². The summed E-state index contributed by atoms with van der Waals surface area (Å²) in [6, 6.07) is 7.72. The predicted molar refractivity (Wildman–Crippen MR) is 85.0 cm³/mol. The highest BCUT2D eigenvalue weighted by Gasteiger charge is 2.20. The molecule has 0 bridgehead atoms. The van der Waals surface area contributed by atoms with Gasteiger partial charge in [-0.25, -0.2) is 0 Å². The number of rotatable bonds is 8. The standard InChI is InChI=1S/C13H20BrN3O2S/c1-17(10-2-9-15-12-7-8-12)20(18,19)16-13-5-3-11(14)4-6-13/h3-6,12,15-16H,2,7-10H2,1H3. The van der Waals surface area contributed by atoms with Crippen molar-refractivity contribution in [2.24, 2.45) is 0 Å². The molecule has 20 heavy (non-hydrogen) atoms. The molecule has 1 aliphatic carbocycles. The summed E-state index contributed by atoms with van der Waals surface area (Å²) in [7, 11) is -1.88. The Hall–Kier alpha value is -0.630. The molecule has 0 aromatic heterocycles. The lowest BCUT2D eigenvalue weighted by Crippen LogP contribution is -2.34. The summed E-state index contributed by atoms with van der Waals surface area (Å²) < 4.78 is 29.0. The first kappa shape index (κ1) is 15.8. The molecule has 2 N–H and O–H groups in total. The van der Waals surface area contributed by atoms with Crippen LogP contribution in [0.1, 0.15) is 19.3 Å². The van der Waals surface area contributed by atoms with Crippen molar-refractivity contribution in [3.05, 3.63) is 28.7 Å². The zero-order valence-electron chi connectivity index (χ0n) is 11.5. The molecule has 1 aromatic carbocycles. The first-order chi connectivity index (χ1) is 9.47. The highest BCUT2D eigenvalue weighted by Crippen LogP contribution is 2.18. The Morgan fingerprint density at radius 3 is 2.55 bits per heavy atom. The number of halogens is 1. The van der Waals surface area contributed by atoms with Gasteiger partial charge in [0.2, 0.25) is 0 Å². The summed E-state index contributed by atoms with van der Waals surface area (Å²) in [6.07, 6.45) is 3.31. The molecule has 0 aliphatic heterocycles. The van der Waals surface area contributed by atoms with E-state index in [1.807, 2.05) is 0 Å². The Morgan fingerprint density at radius 1 is 1.30 bits per heavy atom. The van der Waals surface area contributed by atoms with E-state index in [4.69, 9.17) is 0 Å². The van der Waals surface area contributed by atoms with Gasteiger partial charge >= 0.3 is 10.2 Å². The zero-order chi connectivity index (χ0) is 14.6. The van der Waals surface area contributed by atoms with Gasteiger partial charge in [0.1, 0.15) is 0 Å². The van der Waals surface area contributed by atoms with E-state index in [0.717, 1.165) is 17.4 Å². The minimum atomic E-state index is -3.47. The maximum Gasteiger partial charge on any atom is 0.301 e. The van der Waals surface area contributed by atoms with Crippen LogP contribution in [0.4, 0.5) is 5.69 Å². The van der Waals surface area contributed by atoms with Crippen LogP contribution in [0.2, 0.25) is 0 Å². The number of nitrogens with one attached hydrogen (secondary N) is 2. The fraction of sp³-hybridized carbons (Fsp3) is 0.538. The van der Waals surface area contributed by atoms with Crippen LogP contribution in [-0.4, -0.2) is 38.9 Å². The molecule has 0 spiro atoms. The normalized spacial score (nSPS) is 15.6. The van der Waals surface area contributed by atoms with E-state index in [-0.39, 0.29) is 0 Å². The van der Waals surface area contributed by atoms with Gasteiger partial charge in [-0.2, -0.15) is 12.7 Å². The molecule has 1 saturated carbocycles. The molecule has 1 aliphatic rings. The Bertz CT molecular complexity index is 529. The summed E-state index contributed by atoms with van der Waals surface area (Å²) in [6.45, 7) is 1.37. The van der Waals surface area contributed by atoms with Crippen LogP contribution in [0, 0.1) is 0 Å². The van der Waals surface area contributed by atoms with E-state index in [9.17, 15) is 8.42 Å². The third-order valence-corrected chi connectivity index (χ3v) is 5.19. The summed E-state index contributed by atoms with van der Waals surface area (Å²) in [4.78, 5) is 0. The lowest BCUT2D eigenvalue weighted by molar-refractivity contribution is 0.458. The molecule has 0 radical (unpaired) electrons. The fourth-order valence-corrected chi connectivity index (χ4v) is 2.98. The van der Waals surface area contributed by atoms with E-state index in [1.54, 1.807) is 31.3 Å². The largest absolute Gasteiger partial charge is 0.314 e.